The average molecular weight is 288 g/mol. The lowest BCUT2D eigenvalue weighted by molar-refractivity contribution is 0.0937. The lowest BCUT2D eigenvalue weighted by Crippen LogP contribution is -2.32. The van der Waals surface area contributed by atoms with Gasteiger partial charge in [-0.2, -0.15) is 0 Å². The lowest BCUT2D eigenvalue weighted by atomic mass is 10.1. The minimum atomic E-state index is -0.0702. The van der Waals surface area contributed by atoms with Crippen molar-refractivity contribution in [2.75, 3.05) is 13.1 Å². The summed E-state index contributed by atoms with van der Waals surface area (Å²) in [5.41, 5.74) is 1.45. The molecule has 0 aromatic carbocycles. The summed E-state index contributed by atoms with van der Waals surface area (Å²) in [5, 5.41) is 10.1. The van der Waals surface area contributed by atoms with Gasteiger partial charge < -0.3 is 19.7 Å². The van der Waals surface area contributed by atoms with Crippen LogP contribution in [0.15, 0.2) is 28.9 Å². The molecule has 0 spiro atoms. The first-order chi connectivity index (χ1) is 10.2. The molecule has 1 fully saturated rings. The number of amides is 1. The van der Waals surface area contributed by atoms with E-state index in [0.29, 0.717) is 18.3 Å². The number of carbonyl (C=O) groups excluding carboxylic acids is 1. The normalized spacial score (nSPS) is 16.0. The van der Waals surface area contributed by atoms with Crippen molar-refractivity contribution in [2.45, 2.75) is 32.4 Å². The first-order valence-corrected chi connectivity index (χ1v) is 7.32. The number of aryl methyl sites for hydroxylation is 1. The Morgan fingerprint density at radius 2 is 2.33 bits per heavy atom. The average Bonchev–Trinajstić information content (AvgIpc) is 3.14. The summed E-state index contributed by atoms with van der Waals surface area (Å²) in [6.45, 7) is 4.22. The molecule has 0 aliphatic carbocycles. The number of hydrogen-bond donors (Lipinski definition) is 2. The van der Waals surface area contributed by atoms with E-state index < -0.39 is 0 Å². The highest BCUT2D eigenvalue weighted by Crippen LogP contribution is 2.21. The van der Waals surface area contributed by atoms with Crippen LogP contribution < -0.4 is 10.6 Å². The topological polar surface area (TPSA) is 72.1 Å². The van der Waals surface area contributed by atoms with E-state index >= 15 is 0 Å². The third kappa shape index (κ3) is 3.16. The van der Waals surface area contributed by atoms with Gasteiger partial charge in [-0.1, -0.05) is 5.16 Å². The Labute approximate surface area is 123 Å². The van der Waals surface area contributed by atoms with Crippen LogP contribution in [0.5, 0.6) is 0 Å². The lowest BCUT2D eigenvalue weighted by Gasteiger charge is -2.25. The molecule has 0 bridgehead atoms. The zero-order valence-electron chi connectivity index (χ0n) is 12.1. The van der Waals surface area contributed by atoms with Gasteiger partial charge in [0.25, 0.3) is 5.91 Å². The molecule has 112 valence electrons. The predicted molar refractivity (Wildman–Crippen MR) is 78.0 cm³/mol. The van der Waals surface area contributed by atoms with Crippen LogP contribution in [-0.4, -0.2) is 28.7 Å². The summed E-state index contributed by atoms with van der Waals surface area (Å²) >= 11 is 0. The molecule has 0 radical (unpaired) electrons. The van der Waals surface area contributed by atoms with Gasteiger partial charge in [0, 0.05) is 18.3 Å². The number of nitrogens with zero attached hydrogens (tertiary/aromatic N) is 2. The van der Waals surface area contributed by atoms with Crippen molar-refractivity contribution in [1.82, 2.24) is 20.4 Å². The maximum Gasteiger partial charge on any atom is 0.268 e. The second-order valence-electron chi connectivity index (χ2n) is 5.39. The van der Waals surface area contributed by atoms with Crippen molar-refractivity contribution >= 4 is 5.91 Å². The third-order valence-corrected chi connectivity index (χ3v) is 3.82. The molecule has 0 atom stereocenters. The monoisotopic (exact) mass is 288 g/mol. The van der Waals surface area contributed by atoms with Gasteiger partial charge in [0.15, 0.2) is 0 Å². The molecule has 3 heterocycles. The zero-order valence-corrected chi connectivity index (χ0v) is 12.1. The minimum Gasteiger partial charge on any atom is -0.361 e. The summed E-state index contributed by atoms with van der Waals surface area (Å²) in [6.07, 6.45) is 4.10. The zero-order chi connectivity index (χ0) is 14.7. The first-order valence-electron chi connectivity index (χ1n) is 7.32. The molecule has 6 nitrogen and oxygen atoms in total. The largest absolute Gasteiger partial charge is 0.361 e. The Morgan fingerprint density at radius 1 is 1.52 bits per heavy atom. The van der Waals surface area contributed by atoms with E-state index in [1.807, 2.05) is 31.3 Å². The Bertz CT molecular complexity index is 611. The molecular weight excluding hydrogens is 268 g/mol. The molecule has 0 saturated carbocycles. The summed E-state index contributed by atoms with van der Waals surface area (Å²) in [5.74, 6) is 0.677. The molecule has 0 unspecified atom stereocenters. The number of carbonyl (C=O) groups is 1. The van der Waals surface area contributed by atoms with Crippen LogP contribution in [0.2, 0.25) is 0 Å². The Kier molecular flexibility index (Phi) is 4.06. The van der Waals surface area contributed by atoms with Gasteiger partial charge in [0.05, 0.1) is 6.54 Å². The molecule has 21 heavy (non-hydrogen) atoms. The summed E-state index contributed by atoms with van der Waals surface area (Å²) in [6, 6.07) is 6.02. The van der Waals surface area contributed by atoms with Crippen molar-refractivity contribution < 1.29 is 9.32 Å². The maximum absolute atomic E-state index is 12.3. The van der Waals surface area contributed by atoms with Crippen LogP contribution >= 0.6 is 0 Å². The molecule has 1 aliphatic rings. The number of nitrogens with one attached hydrogen (secondary N) is 2. The molecular formula is C15H20N4O2. The van der Waals surface area contributed by atoms with Crippen LogP contribution in [0.4, 0.5) is 0 Å². The second kappa shape index (κ2) is 6.13. The third-order valence-electron chi connectivity index (χ3n) is 3.82. The molecule has 3 rings (SSSR count). The van der Waals surface area contributed by atoms with Crippen LogP contribution in [0.1, 0.15) is 40.8 Å². The molecule has 1 saturated heterocycles. The van der Waals surface area contributed by atoms with Gasteiger partial charge >= 0.3 is 0 Å². The molecule has 1 amide bonds. The van der Waals surface area contributed by atoms with Gasteiger partial charge in [-0.25, -0.2) is 0 Å². The first kappa shape index (κ1) is 13.9. The summed E-state index contributed by atoms with van der Waals surface area (Å²) in [7, 11) is 0. The van der Waals surface area contributed by atoms with E-state index in [9.17, 15) is 4.79 Å². The van der Waals surface area contributed by atoms with E-state index in [1.165, 1.54) is 0 Å². The highest BCUT2D eigenvalue weighted by molar-refractivity contribution is 5.92. The van der Waals surface area contributed by atoms with Crippen molar-refractivity contribution in [3.8, 4) is 0 Å². The standard InChI is InChI=1S/C15H20N4O2/c1-11-9-12(18-21-11)10-17-15(20)14-3-2-8-19(14)13-4-6-16-7-5-13/h2-3,8-9,13,16H,4-7,10H2,1H3,(H,17,20). The van der Waals surface area contributed by atoms with Crippen molar-refractivity contribution in [3.05, 3.63) is 41.5 Å². The van der Waals surface area contributed by atoms with Crippen molar-refractivity contribution in [3.63, 3.8) is 0 Å². The highest BCUT2D eigenvalue weighted by atomic mass is 16.5. The second-order valence-corrected chi connectivity index (χ2v) is 5.39. The van der Waals surface area contributed by atoms with Gasteiger partial charge in [-0.05, 0) is 45.0 Å². The van der Waals surface area contributed by atoms with Crippen LogP contribution in [-0.2, 0) is 6.54 Å². The maximum atomic E-state index is 12.3. The summed E-state index contributed by atoms with van der Waals surface area (Å²) < 4.78 is 7.08. The summed E-state index contributed by atoms with van der Waals surface area (Å²) in [4.78, 5) is 12.3. The van der Waals surface area contributed by atoms with E-state index in [0.717, 1.165) is 37.4 Å². The minimum absolute atomic E-state index is 0.0702. The molecule has 2 aromatic rings. The van der Waals surface area contributed by atoms with Gasteiger partial charge in [0.1, 0.15) is 17.1 Å². The molecule has 1 aliphatic heterocycles. The van der Waals surface area contributed by atoms with E-state index in [4.69, 9.17) is 4.52 Å². The van der Waals surface area contributed by atoms with E-state index in [1.54, 1.807) is 0 Å². The van der Waals surface area contributed by atoms with Gasteiger partial charge in [-0.3, -0.25) is 4.79 Å². The fraction of sp³-hybridized carbons (Fsp3) is 0.467. The Morgan fingerprint density at radius 3 is 3.05 bits per heavy atom. The fourth-order valence-electron chi connectivity index (χ4n) is 2.75. The predicted octanol–water partition coefficient (Wildman–Crippen LogP) is 1.64. The quantitative estimate of drug-likeness (QED) is 0.897. The van der Waals surface area contributed by atoms with Crippen LogP contribution in [0.25, 0.3) is 0 Å². The number of aromatic nitrogens is 2. The number of rotatable bonds is 4. The van der Waals surface area contributed by atoms with Crippen LogP contribution in [0.3, 0.4) is 0 Å². The fourth-order valence-corrected chi connectivity index (χ4v) is 2.75. The number of hydrogen-bond acceptors (Lipinski definition) is 4. The highest BCUT2D eigenvalue weighted by Gasteiger charge is 2.19. The molecule has 2 N–H and O–H groups in total. The van der Waals surface area contributed by atoms with Crippen molar-refractivity contribution in [2.24, 2.45) is 0 Å². The van der Waals surface area contributed by atoms with E-state index in [-0.39, 0.29) is 5.91 Å². The van der Waals surface area contributed by atoms with Gasteiger partial charge in [0.2, 0.25) is 0 Å². The van der Waals surface area contributed by atoms with Crippen molar-refractivity contribution in [1.29, 1.82) is 0 Å². The SMILES string of the molecule is Cc1cc(CNC(=O)c2cccn2C2CCNCC2)no1. The smallest absolute Gasteiger partial charge is 0.268 e. The Hall–Kier alpha value is -2.08. The number of piperidine rings is 1. The van der Waals surface area contributed by atoms with Gasteiger partial charge in [-0.15, -0.1) is 0 Å². The molecule has 2 aromatic heterocycles. The molecule has 6 heteroatoms. The van der Waals surface area contributed by atoms with Crippen LogP contribution in [0, 0.1) is 6.92 Å². The van der Waals surface area contributed by atoms with E-state index in [2.05, 4.69) is 20.4 Å². The Balaban J connectivity index is 1.65.